The molecule has 0 aromatic heterocycles. The zero-order valence-corrected chi connectivity index (χ0v) is 31.8. The second-order valence-electron chi connectivity index (χ2n) is 15.0. The van der Waals surface area contributed by atoms with Crippen LogP contribution in [0.2, 0.25) is 0 Å². The number of methoxy groups -OCH3 is 1. The van der Waals surface area contributed by atoms with Gasteiger partial charge in [0.1, 0.15) is 17.7 Å². The smallest absolute Gasteiger partial charge is 0.313 e. The summed E-state index contributed by atoms with van der Waals surface area (Å²) < 4.78 is 18.5. The van der Waals surface area contributed by atoms with Gasteiger partial charge in [0.2, 0.25) is 17.7 Å². The van der Waals surface area contributed by atoms with Gasteiger partial charge in [-0.25, -0.2) is 0 Å². The third-order valence-electron chi connectivity index (χ3n) is 9.97. The Labute approximate surface area is 304 Å². The number of aliphatic hydroxyl groups excluding tert-OH is 1. The van der Waals surface area contributed by atoms with Crippen LogP contribution in [0.1, 0.15) is 72.0 Å². The number of carbonyl (C=O) groups excluding carboxylic acids is 4. The number of allylic oxidation sites excluding steroid dienone is 1. The third-order valence-corrected chi connectivity index (χ3v) is 10.8. The average molecular weight is 761 g/mol. The van der Waals surface area contributed by atoms with Crippen LogP contribution in [-0.4, -0.2) is 106 Å². The first kappa shape index (κ1) is 39.7. The molecule has 0 radical (unpaired) electrons. The Hall–Kier alpha value is -3.06. The molecule has 9 atom stereocenters. The van der Waals surface area contributed by atoms with Crippen molar-refractivity contribution in [2.24, 2.45) is 17.8 Å². The van der Waals surface area contributed by atoms with Crippen LogP contribution in [0.25, 0.3) is 0 Å². The molecule has 11 nitrogen and oxygen atoms in total. The van der Waals surface area contributed by atoms with Gasteiger partial charge in [0.25, 0.3) is 0 Å². The van der Waals surface area contributed by atoms with Crippen LogP contribution in [0.4, 0.5) is 0 Å². The lowest BCUT2D eigenvalue weighted by Crippen LogP contribution is -2.62. The van der Waals surface area contributed by atoms with Crippen molar-refractivity contribution in [3.8, 4) is 0 Å². The molecule has 3 heterocycles. The van der Waals surface area contributed by atoms with Crippen molar-refractivity contribution in [1.82, 2.24) is 15.1 Å². The summed E-state index contributed by atoms with van der Waals surface area (Å²) in [6.45, 7) is 17.2. The molecule has 276 valence electrons. The summed E-state index contributed by atoms with van der Waals surface area (Å²) in [6, 6.07) is 6.56. The first-order chi connectivity index (χ1) is 23.7. The molecule has 2 N–H and O–H groups in total. The number of alkyl halides is 1. The summed E-state index contributed by atoms with van der Waals surface area (Å²) in [5.41, 5.74) is -1.34. The Morgan fingerprint density at radius 3 is 2.44 bits per heavy atom. The van der Waals surface area contributed by atoms with Crippen LogP contribution in [0.15, 0.2) is 55.6 Å². The van der Waals surface area contributed by atoms with Crippen molar-refractivity contribution >= 4 is 39.6 Å². The first-order valence-corrected chi connectivity index (χ1v) is 18.4. The van der Waals surface area contributed by atoms with E-state index >= 15 is 0 Å². The number of likely N-dealkylation sites (tertiary alicyclic amines) is 1. The highest BCUT2D eigenvalue weighted by Crippen LogP contribution is 2.61. The normalized spacial score (nSPS) is 27.4. The Morgan fingerprint density at radius 1 is 1.20 bits per heavy atom. The van der Waals surface area contributed by atoms with E-state index in [1.807, 2.05) is 52.8 Å². The van der Waals surface area contributed by atoms with Gasteiger partial charge in [-0.05, 0) is 51.5 Å². The highest BCUT2D eigenvalue weighted by Gasteiger charge is 2.78. The van der Waals surface area contributed by atoms with Gasteiger partial charge >= 0.3 is 5.97 Å². The molecule has 4 rings (SSSR count). The minimum absolute atomic E-state index is 0.0499. The molecule has 0 saturated carbocycles. The van der Waals surface area contributed by atoms with Gasteiger partial charge in [-0.3, -0.25) is 19.2 Å². The van der Waals surface area contributed by atoms with Crippen LogP contribution in [0, 0.1) is 17.8 Å². The Bertz CT molecular complexity index is 1400. The van der Waals surface area contributed by atoms with Crippen LogP contribution in [0.5, 0.6) is 0 Å². The fourth-order valence-electron chi connectivity index (χ4n) is 7.93. The number of hydrogen-bond donors (Lipinski definition) is 2. The van der Waals surface area contributed by atoms with Crippen LogP contribution in [-0.2, 0) is 33.4 Å². The van der Waals surface area contributed by atoms with Crippen LogP contribution in [0.3, 0.4) is 0 Å². The molecule has 3 amide bonds. The van der Waals surface area contributed by atoms with Crippen LogP contribution < -0.4 is 5.32 Å². The van der Waals surface area contributed by atoms with E-state index in [1.54, 1.807) is 29.2 Å². The van der Waals surface area contributed by atoms with Gasteiger partial charge in [-0.2, -0.15) is 0 Å². The van der Waals surface area contributed by atoms with Crippen molar-refractivity contribution in [1.29, 1.82) is 0 Å². The summed E-state index contributed by atoms with van der Waals surface area (Å²) in [6.07, 6.45) is 3.02. The van der Waals surface area contributed by atoms with Gasteiger partial charge in [0.15, 0.2) is 0 Å². The maximum atomic E-state index is 14.8. The van der Waals surface area contributed by atoms with Crippen molar-refractivity contribution in [3.05, 3.63) is 61.2 Å². The van der Waals surface area contributed by atoms with E-state index in [4.69, 9.17) is 14.2 Å². The molecule has 1 aromatic rings. The Kier molecular flexibility index (Phi) is 13.1. The number of carbonyl (C=O) groups is 4. The summed E-state index contributed by atoms with van der Waals surface area (Å²) in [7, 11) is 1.50. The highest BCUT2D eigenvalue weighted by atomic mass is 79.9. The minimum atomic E-state index is -1.35. The number of fused-ring (bicyclic) bond motifs is 1. The fourth-order valence-corrected chi connectivity index (χ4v) is 8.87. The lowest BCUT2D eigenvalue weighted by molar-refractivity contribution is -0.163. The van der Waals surface area contributed by atoms with Gasteiger partial charge in [0.05, 0.1) is 43.2 Å². The number of hydrogen-bond acceptors (Lipinski definition) is 8. The zero-order valence-electron chi connectivity index (χ0n) is 30.2. The zero-order chi connectivity index (χ0) is 37.0. The molecule has 3 aliphatic heterocycles. The number of nitrogens with zero attached hydrogens (tertiary/aromatic N) is 2. The number of rotatable bonds is 17. The van der Waals surface area contributed by atoms with E-state index in [0.29, 0.717) is 24.8 Å². The van der Waals surface area contributed by atoms with E-state index in [-0.39, 0.29) is 48.7 Å². The van der Waals surface area contributed by atoms with E-state index in [0.717, 1.165) is 0 Å². The third kappa shape index (κ3) is 7.88. The van der Waals surface area contributed by atoms with Gasteiger partial charge < -0.3 is 34.4 Å². The standard InChI is InChI=1S/C38H54BrN3O8/c1-9-11-17-28(44)40-27(22-48-8)31(24-15-13-12-14-16-24)49-36(47)29-30-34(45)42(25(21-43)19-23(3)4)33(38(30)20-26(39)32(29)50-38)35(46)41(18-10-2)37(5,6)7/h9-10,12-16,23,25-27,29-33,43H,1-2,11,17-22H2,3-8H3,(H,40,44)/t25-,26?,27+,29-,30+,31+,32-,33-,38+/m1/s1. The van der Waals surface area contributed by atoms with Crippen molar-refractivity contribution in [2.45, 2.75) is 107 Å². The second-order valence-corrected chi connectivity index (χ2v) is 16.2. The molecule has 3 fully saturated rings. The number of esters is 1. The van der Waals surface area contributed by atoms with Crippen molar-refractivity contribution in [3.63, 3.8) is 0 Å². The van der Waals surface area contributed by atoms with E-state index in [1.165, 1.54) is 12.0 Å². The second kappa shape index (κ2) is 16.5. The fraction of sp³-hybridized carbons (Fsp3) is 0.632. The number of benzene rings is 1. The molecular formula is C38H54BrN3O8. The van der Waals surface area contributed by atoms with Gasteiger partial charge in [0, 0.05) is 30.4 Å². The molecule has 1 unspecified atom stereocenters. The van der Waals surface area contributed by atoms with E-state index < -0.39 is 65.2 Å². The highest BCUT2D eigenvalue weighted by molar-refractivity contribution is 9.09. The number of halogens is 1. The quantitative estimate of drug-likeness (QED) is 0.136. The summed E-state index contributed by atoms with van der Waals surface area (Å²) in [5.74, 6) is -3.66. The van der Waals surface area contributed by atoms with Crippen molar-refractivity contribution < 1.29 is 38.5 Å². The predicted octanol–water partition coefficient (Wildman–Crippen LogP) is 4.34. The lowest BCUT2D eigenvalue weighted by Gasteiger charge is -2.43. The molecule has 2 bridgehead atoms. The topological polar surface area (TPSA) is 135 Å². The molecule has 0 aliphatic carbocycles. The minimum Gasteiger partial charge on any atom is -0.455 e. The van der Waals surface area contributed by atoms with E-state index in [2.05, 4.69) is 34.4 Å². The number of aliphatic hydroxyl groups is 1. The SMILES string of the molecule is C=CCCC(=O)N[C@@H](COC)[C@@H](OC(=O)[C@H]1[C@@H]2O[C@@]3(CC2Br)[C@@H]1C(=O)N([C@@H](CO)CC(C)C)[C@@H]3C(=O)N(CC=C)C(C)(C)C)c1ccccc1. The van der Waals surface area contributed by atoms with E-state index in [9.17, 15) is 24.3 Å². The Balaban J connectivity index is 1.79. The molecule has 12 heteroatoms. The Morgan fingerprint density at radius 2 is 1.88 bits per heavy atom. The first-order valence-electron chi connectivity index (χ1n) is 17.5. The van der Waals surface area contributed by atoms with Gasteiger partial charge in [-0.15, -0.1) is 13.2 Å². The van der Waals surface area contributed by atoms with Gasteiger partial charge in [-0.1, -0.05) is 72.3 Å². The number of amides is 3. The molecule has 1 spiro atoms. The molecule has 3 saturated heterocycles. The maximum Gasteiger partial charge on any atom is 0.313 e. The number of nitrogens with one attached hydrogen (secondary N) is 1. The lowest BCUT2D eigenvalue weighted by atomic mass is 9.70. The number of ether oxygens (including phenoxy) is 3. The molecule has 1 aromatic carbocycles. The maximum absolute atomic E-state index is 14.8. The molecule has 3 aliphatic rings. The summed E-state index contributed by atoms with van der Waals surface area (Å²) in [4.78, 5) is 59.9. The average Bonchev–Trinajstić information content (AvgIpc) is 3.66. The predicted molar refractivity (Wildman–Crippen MR) is 193 cm³/mol. The summed E-state index contributed by atoms with van der Waals surface area (Å²) in [5, 5.41) is 13.6. The largest absolute Gasteiger partial charge is 0.455 e. The van der Waals surface area contributed by atoms with Crippen LogP contribution >= 0.6 is 15.9 Å². The monoisotopic (exact) mass is 759 g/mol. The molecular weight excluding hydrogens is 706 g/mol. The molecule has 50 heavy (non-hydrogen) atoms. The summed E-state index contributed by atoms with van der Waals surface area (Å²) >= 11 is 3.74. The van der Waals surface area contributed by atoms with Crippen molar-refractivity contribution in [2.75, 3.05) is 26.9 Å².